The van der Waals surface area contributed by atoms with Crippen LogP contribution in [0.5, 0.6) is 0 Å². The molecule has 1 atom stereocenters. The van der Waals surface area contributed by atoms with E-state index in [0.29, 0.717) is 12.8 Å². The van der Waals surface area contributed by atoms with E-state index in [4.69, 9.17) is 9.47 Å². The normalized spacial score (nSPS) is 12.1. The van der Waals surface area contributed by atoms with Crippen molar-refractivity contribution >= 4 is 11.9 Å². The maximum Gasteiger partial charge on any atom is 0.306 e. The number of unbranched alkanes of at least 4 members (excludes halogenated alkanes) is 15. The lowest BCUT2D eigenvalue weighted by Gasteiger charge is -2.15. The number of rotatable bonds is 25. The van der Waals surface area contributed by atoms with Crippen LogP contribution in [0, 0.1) is 5.92 Å². The first-order chi connectivity index (χ1) is 16.5. The number of hydrogen-bond donors (Lipinski definition) is 1. The van der Waals surface area contributed by atoms with Crippen LogP contribution in [0.3, 0.4) is 0 Å². The Labute approximate surface area is 210 Å². The Morgan fingerprint density at radius 1 is 0.647 bits per heavy atom. The van der Waals surface area contributed by atoms with Crippen molar-refractivity contribution in [3.05, 3.63) is 0 Å². The van der Waals surface area contributed by atoms with Crippen molar-refractivity contribution in [2.75, 3.05) is 13.2 Å². The van der Waals surface area contributed by atoms with Gasteiger partial charge in [-0.3, -0.25) is 9.59 Å². The molecule has 0 fully saturated rings. The highest BCUT2D eigenvalue weighted by molar-refractivity contribution is 5.70. The van der Waals surface area contributed by atoms with Crippen molar-refractivity contribution in [3.63, 3.8) is 0 Å². The molecule has 0 amide bonds. The summed E-state index contributed by atoms with van der Waals surface area (Å²) in [5.41, 5.74) is 0. The van der Waals surface area contributed by atoms with Gasteiger partial charge >= 0.3 is 11.9 Å². The van der Waals surface area contributed by atoms with Gasteiger partial charge in [-0.1, -0.05) is 124 Å². The molecule has 0 saturated carbocycles. The number of hydrogen-bond acceptors (Lipinski definition) is 5. The first-order valence-electron chi connectivity index (χ1n) is 14.5. The Morgan fingerprint density at radius 3 is 1.56 bits per heavy atom. The van der Waals surface area contributed by atoms with E-state index in [1.807, 2.05) is 0 Å². The van der Waals surface area contributed by atoms with E-state index in [1.54, 1.807) is 0 Å². The molecule has 0 bridgehead atoms. The summed E-state index contributed by atoms with van der Waals surface area (Å²) in [5.74, 6) is 0.242. The van der Waals surface area contributed by atoms with E-state index in [9.17, 15) is 14.7 Å². The number of aliphatic hydroxyl groups excluding tert-OH is 1. The first-order valence-corrected chi connectivity index (χ1v) is 14.5. The fourth-order valence-electron chi connectivity index (χ4n) is 4.09. The van der Waals surface area contributed by atoms with Gasteiger partial charge in [-0.15, -0.1) is 0 Å². The van der Waals surface area contributed by atoms with E-state index < -0.39 is 6.10 Å². The zero-order chi connectivity index (χ0) is 25.3. The van der Waals surface area contributed by atoms with Crippen LogP contribution in [0.2, 0.25) is 0 Å². The number of esters is 2. The molecular formula is C29H56O5. The highest BCUT2D eigenvalue weighted by Crippen LogP contribution is 2.14. The SMILES string of the molecule is CCCCCCCC(=O)O[C@@H](CO)COC(=O)CCCCCCCCCCCCCCC(C)C. The van der Waals surface area contributed by atoms with E-state index in [1.165, 1.54) is 77.0 Å². The van der Waals surface area contributed by atoms with Gasteiger partial charge in [-0.25, -0.2) is 0 Å². The highest BCUT2D eigenvalue weighted by atomic mass is 16.6. The van der Waals surface area contributed by atoms with Crippen LogP contribution in [-0.4, -0.2) is 36.4 Å². The molecule has 5 nitrogen and oxygen atoms in total. The zero-order valence-corrected chi connectivity index (χ0v) is 22.8. The number of carbonyl (C=O) groups excluding carboxylic acids is 2. The lowest BCUT2D eigenvalue weighted by molar-refractivity contribution is -0.161. The van der Waals surface area contributed by atoms with Crippen molar-refractivity contribution < 1.29 is 24.2 Å². The fourth-order valence-corrected chi connectivity index (χ4v) is 4.09. The lowest BCUT2D eigenvalue weighted by Crippen LogP contribution is -2.28. The summed E-state index contributed by atoms with van der Waals surface area (Å²) in [4.78, 5) is 23.8. The van der Waals surface area contributed by atoms with E-state index in [2.05, 4.69) is 20.8 Å². The third-order valence-electron chi connectivity index (χ3n) is 6.33. The number of ether oxygens (including phenoxy) is 2. The highest BCUT2D eigenvalue weighted by Gasteiger charge is 2.16. The van der Waals surface area contributed by atoms with Crippen molar-refractivity contribution in [3.8, 4) is 0 Å². The predicted octanol–water partition coefficient (Wildman–Crippen LogP) is 7.91. The van der Waals surface area contributed by atoms with Gasteiger partial charge in [0.2, 0.25) is 0 Å². The van der Waals surface area contributed by atoms with Gasteiger partial charge < -0.3 is 14.6 Å². The molecule has 0 aliphatic carbocycles. The average molecular weight is 485 g/mol. The quantitative estimate of drug-likeness (QED) is 0.105. The van der Waals surface area contributed by atoms with Crippen LogP contribution in [0.15, 0.2) is 0 Å². The van der Waals surface area contributed by atoms with Gasteiger partial charge in [0.15, 0.2) is 6.10 Å². The first kappa shape index (κ1) is 32.9. The van der Waals surface area contributed by atoms with Gasteiger partial charge in [0, 0.05) is 12.8 Å². The molecule has 0 aromatic rings. The standard InChI is InChI=1S/C29H56O5/c1-4-5-6-15-20-23-29(32)34-27(24-30)25-33-28(31)22-19-17-14-12-10-8-7-9-11-13-16-18-21-26(2)3/h26-27,30H,4-25H2,1-3H3/t27-/m0/s1. The second kappa shape index (κ2) is 25.0. The molecule has 0 unspecified atom stereocenters. The maximum absolute atomic E-state index is 11.9. The second-order valence-corrected chi connectivity index (χ2v) is 10.3. The van der Waals surface area contributed by atoms with Gasteiger partial charge in [-0.2, -0.15) is 0 Å². The van der Waals surface area contributed by atoms with Crippen LogP contribution in [-0.2, 0) is 19.1 Å². The Balaban J connectivity index is 3.51. The number of carbonyl (C=O) groups is 2. The molecule has 0 aromatic heterocycles. The summed E-state index contributed by atoms with van der Waals surface area (Å²) in [6, 6.07) is 0. The lowest BCUT2D eigenvalue weighted by atomic mass is 10.0. The van der Waals surface area contributed by atoms with Crippen LogP contribution in [0.25, 0.3) is 0 Å². The molecule has 0 aliphatic heterocycles. The predicted molar refractivity (Wildman–Crippen MR) is 141 cm³/mol. The second-order valence-electron chi connectivity index (χ2n) is 10.3. The summed E-state index contributed by atoms with van der Waals surface area (Å²) in [7, 11) is 0. The van der Waals surface area contributed by atoms with Crippen molar-refractivity contribution in [2.45, 2.75) is 155 Å². The molecule has 1 N–H and O–H groups in total. The summed E-state index contributed by atoms with van der Waals surface area (Å²) in [6.45, 7) is 6.37. The Morgan fingerprint density at radius 2 is 1.09 bits per heavy atom. The van der Waals surface area contributed by atoms with Gasteiger partial charge in [0.25, 0.3) is 0 Å². The summed E-state index contributed by atoms with van der Waals surface area (Å²) < 4.78 is 10.4. The third kappa shape index (κ3) is 24.0. The molecule has 202 valence electrons. The molecule has 0 aliphatic rings. The topological polar surface area (TPSA) is 72.8 Å². The molecule has 0 heterocycles. The van der Waals surface area contributed by atoms with Gasteiger partial charge in [0.05, 0.1) is 6.61 Å². The molecule has 0 radical (unpaired) electrons. The van der Waals surface area contributed by atoms with Gasteiger partial charge in [-0.05, 0) is 18.8 Å². The monoisotopic (exact) mass is 484 g/mol. The van der Waals surface area contributed by atoms with E-state index in [-0.39, 0.29) is 25.2 Å². The third-order valence-corrected chi connectivity index (χ3v) is 6.33. The van der Waals surface area contributed by atoms with Crippen molar-refractivity contribution in [2.24, 2.45) is 5.92 Å². The largest absolute Gasteiger partial charge is 0.462 e. The minimum absolute atomic E-state index is 0.0609. The zero-order valence-electron chi connectivity index (χ0n) is 22.8. The fraction of sp³-hybridized carbons (Fsp3) is 0.931. The van der Waals surface area contributed by atoms with E-state index in [0.717, 1.165) is 44.4 Å². The Hall–Kier alpha value is -1.10. The summed E-state index contributed by atoms with van der Waals surface area (Å²) in [5, 5.41) is 9.38. The minimum atomic E-state index is -0.757. The van der Waals surface area contributed by atoms with Crippen LogP contribution >= 0.6 is 0 Å². The Kier molecular flexibility index (Phi) is 24.2. The van der Waals surface area contributed by atoms with Crippen molar-refractivity contribution in [1.29, 1.82) is 0 Å². The smallest absolute Gasteiger partial charge is 0.306 e. The maximum atomic E-state index is 11.9. The molecule has 0 spiro atoms. The van der Waals surface area contributed by atoms with E-state index >= 15 is 0 Å². The summed E-state index contributed by atoms with van der Waals surface area (Å²) in [6.07, 6.45) is 21.8. The number of aliphatic hydroxyl groups is 1. The minimum Gasteiger partial charge on any atom is -0.462 e. The summed E-state index contributed by atoms with van der Waals surface area (Å²) >= 11 is 0. The van der Waals surface area contributed by atoms with Gasteiger partial charge in [0.1, 0.15) is 6.61 Å². The van der Waals surface area contributed by atoms with Crippen LogP contribution < -0.4 is 0 Å². The molecule has 5 heteroatoms. The van der Waals surface area contributed by atoms with Crippen LogP contribution in [0.1, 0.15) is 149 Å². The molecule has 0 aromatic carbocycles. The molecule has 0 rings (SSSR count). The Bertz CT molecular complexity index is 463. The van der Waals surface area contributed by atoms with Crippen LogP contribution in [0.4, 0.5) is 0 Å². The van der Waals surface area contributed by atoms with Crippen molar-refractivity contribution in [1.82, 2.24) is 0 Å². The molecule has 0 saturated heterocycles. The molecule has 34 heavy (non-hydrogen) atoms. The average Bonchev–Trinajstić information content (AvgIpc) is 2.81. The molecular weight excluding hydrogens is 428 g/mol.